The molecule has 1 aliphatic heterocycles. The Kier molecular flexibility index (Phi) is 1.90. The predicted octanol–water partition coefficient (Wildman–Crippen LogP) is 2.09. The molecule has 0 fully saturated rings. The number of nitrogens with zero attached hydrogens (tertiary/aromatic N) is 2. The average molecular weight is 208 g/mol. The summed E-state index contributed by atoms with van der Waals surface area (Å²) in [7, 11) is 0. The molecule has 76 valence electrons. The molecule has 1 aromatic carbocycles. The number of hydrogen-bond donors (Lipinski definition) is 0. The van der Waals surface area contributed by atoms with Gasteiger partial charge in [0.2, 0.25) is 0 Å². The van der Waals surface area contributed by atoms with E-state index in [1.807, 2.05) is 30.3 Å². The second kappa shape index (κ2) is 3.38. The number of aromatic nitrogens is 2. The van der Waals surface area contributed by atoms with Crippen molar-refractivity contribution in [1.82, 2.24) is 9.97 Å². The molecule has 0 aromatic heterocycles. The zero-order valence-corrected chi connectivity index (χ0v) is 8.42. The van der Waals surface area contributed by atoms with Crippen molar-refractivity contribution in [2.45, 2.75) is 0 Å². The maximum atomic E-state index is 11.6. The van der Waals surface area contributed by atoms with E-state index in [0.29, 0.717) is 11.3 Å². The Labute approximate surface area is 91.8 Å². The third kappa shape index (κ3) is 1.34. The van der Waals surface area contributed by atoms with Crippen LogP contribution in [0.2, 0.25) is 0 Å². The minimum Gasteiger partial charge on any atom is -0.289 e. The van der Waals surface area contributed by atoms with Crippen LogP contribution in [-0.2, 0) is 0 Å². The van der Waals surface area contributed by atoms with E-state index >= 15 is 0 Å². The summed E-state index contributed by atoms with van der Waals surface area (Å²) in [5, 5.41) is 0. The van der Waals surface area contributed by atoms with E-state index in [1.165, 1.54) is 6.07 Å². The second-order valence-electron chi connectivity index (χ2n) is 3.55. The lowest BCUT2D eigenvalue weighted by atomic mass is 10.1. The first-order valence-corrected chi connectivity index (χ1v) is 4.99. The topological polar surface area (TPSA) is 42.9 Å². The van der Waals surface area contributed by atoms with E-state index in [2.05, 4.69) is 9.97 Å². The van der Waals surface area contributed by atoms with Crippen molar-refractivity contribution in [1.29, 1.82) is 0 Å². The van der Waals surface area contributed by atoms with Crippen LogP contribution in [0.3, 0.4) is 0 Å². The van der Waals surface area contributed by atoms with E-state index in [4.69, 9.17) is 0 Å². The lowest BCUT2D eigenvalue weighted by Crippen LogP contribution is -2.02. The number of hydrogen-bond acceptors (Lipinski definition) is 3. The monoisotopic (exact) mass is 208 g/mol. The van der Waals surface area contributed by atoms with Crippen LogP contribution in [0.15, 0.2) is 53.5 Å². The maximum Gasteiger partial charge on any atom is 0.189 e. The van der Waals surface area contributed by atoms with Gasteiger partial charge in [0.05, 0.1) is 22.3 Å². The molecule has 0 atom stereocenters. The molecule has 1 aromatic rings. The van der Waals surface area contributed by atoms with Crippen LogP contribution in [0.4, 0.5) is 0 Å². The molecular formula is C13H8N2O. The highest BCUT2D eigenvalue weighted by molar-refractivity contribution is 5.76. The molecule has 3 nitrogen and oxygen atoms in total. The molecule has 0 bridgehead atoms. The fourth-order valence-electron chi connectivity index (χ4n) is 1.69. The third-order valence-corrected chi connectivity index (χ3v) is 2.50. The zero-order valence-electron chi connectivity index (χ0n) is 8.42. The summed E-state index contributed by atoms with van der Waals surface area (Å²) in [5.41, 5.74) is 2.78. The van der Waals surface area contributed by atoms with Crippen LogP contribution in [0.1, 0.15) is 0 Å². The molecule has 3 heteroatoms. The summed E-state index contributed by atoms with van der Waals surface area (Å²) >= 11 is 0. The van der Waals surface area contributed by atoms with E-state index in [9.17, 15) is 4.79 Å². The van der Waals surface area contributed by atoms with Gasteiger partial charge in [-0.1, -0.05) is 18.2 Å². The Bertz CT molecular complexity index is 694. The summed E-state index contributed by atoms with van der Waals surface area (Å²) in [6.07, 6.45) is 1.59. The van der Waals surface area contributed by atoms with Crippen molar-refractivity contribution in [2.24, 2.45) is 0 Å². The molecule has 0 unspecified atom stereocenters. The molecule has 16 heavy (non-hydrogen) atoms. The van der Waals surface area contributed by atoms with Gasteiger partial charge < -0.3 is 0 Å². The number of rotatable bonds is 0. The summed E-state index contributed by atoms with van der Waals surface area (Å²) in [5.74, 6) is 0. The van der Waals surface area contributed by atoms with Crippen molar-refractivity contribution in [3.8, 4) is 11.3 Å². The largest absolute Gasteiger partial charge is 0.289 e. The van der Waals surface area contributed by atoms with Gasteiger partial charge in [-0.15, -0.1) is 0 Å². The van der Waals surface area contributed by atoms with Crippen molar-refractivity contribution in [2.75, 3.05) is 0 Å². The van der Waals surface area contributed by atoms with E-state index in [-0.39, 0.29) is 5.43 Å². The standard InChI is InChI=1S/C13H8N2O/c16-13-7-3-6-10-9(13)8-14-11-4-1-2-5-12(11)15-10/h1-8H. The maximum absolute atomic E-state index is 11.6. The van der Waals surface area contributed by atoms with Crippen LogP contribution in [0.5, 0.6) is 0 Å². The van der Waals surface area contributed by atoms with Crippen LogP contribution < -0.4 is 5.43 Å². The Morgan fingerprint density at radius 3 is 2.56 bits per heavy atom. The predicted molar refractivity (Wildman–Crippen MR) is 62.4 cm³/mol. The fourth-order valence-corrected chi connectivity index (χ4v) is 1.69. The van der Waals surface area contributed by atoms with Gasteiger partial charge in [0.15, 0.2) is 5.43 Å². The lowest BCUT2D eigenvalue weighted by Gasteiger charge is -1.94. The fraction of sp³-hybridized carbons (Fsp3) is 0. The van der Waals surface area contributed by atoms with Gasteiger partial charge >= 0.3 is 0 Å². The summed E-state index contributed by atoms with van der Waals surface area (Å²) in [6.45, 7) is 0. The molecule has 0 radical (unpaired) electrons. The van der Waals surface area contributed by atoms with Gasteiger partial charge in [0.25, 0.3) is 0 Å². The van der Waals surface area contributed by atoms with Gasteiger partial charge in [-0.05, 0) is 24.3 Å². The van der Waals surface area contributed by atoms with Crippen molar-refractivity contribution in [3.63, 3.8) is 0 Å². The molecule has 2 aliphatic rings. The van der Waals surface area contributed by atoms with Gasteiger partial charge in [0, 0.05) is 6.20 Å². The summed E-state index contributed by atoms with van der Waals surface area (Å²) in [4.78, 5) is 20.3. The zero-order chi connectivity index (χ0) is 11.0. The smallest absolute Gasteiger partial charge is 0.189 e. The lowest BCUT2D eigenvalue weighted by molar-refractivity contribution is 1.38. The first-order chi connectivity index (χ1) is 7.84. The average Bonchev–Trinajstić information content (AvgIpc) is 2.48. The number of fused-ring (bicyclic) bond motifs is 2. The highest BCUT2D eigenvalue weighted by Crippen LogP contribution is 2.15. The summed E-state index contributed by atoms with van der Waals surface area (Å²) < 4.78 is 0. The van der Waals surface area contributed by atoms with E-state index in [1.54, 1.807) is 12.3 Å². The van der Waals surface area contributed by atoms with E-state index in [0.717, 1.165) is 11.0 Å². The quantitative estimate of drug-likeness (QED) is 0.568. The normalized spacial score (nSPS) is 10.8. The Balaban J connectivity index is 2.52. The first kappa shape index (κ1) is 8.97. The van der Waals surface area contributed by atoms with Crippen LogP contribution in [-0.4, -0.2) is 9.97 Å². The van der Waals surface area contributed by atoms with Crippen molar-refractivity contribution < 1.29 is 0 Å². The molecule has 3 rings (SSSR count). The molecule has 0 saturated carbocycles. The van der Waals surface area contributed by atoms with Gasteiger partial charge in [0.1, 0.15) is 0 Å². The van der Waals surface area contributed by atoms with Gasteiger partial charge in [-0.3, -0.25) is 9.78 Å². The molecular weight excluding hydrogens is 200 g/mol. The Morgan fingerprint density at radius 1 is 0.875 bits per heavy atom. The number of para-hydroxylation sites is 2. The summed E-state index contributed by atoms with van der Waals surface area (Å²) in [6, 6.07) is 12.6. The molecule has 1 aliphatic carbocycles. The van der Waals surface area contributed by atoms with Crippen LogP contribution >= 0.6 is 0 Å². The molecule has 0 saturated heterocycles. The minimum absolute atomic E-state index is 0.0437. The molecule has 1 heterocycles. The van der Waals surface area contributed by atoms with Crippen LogP contribution in [0.25, 0.3) is 22.3 Å². The third-order valence-electron chi connectivity index (χ3n) is 2.50. The van der Waals surface area contributed by atoms with Gasteiger partial charge in [-0.25, -0.2) is 4.98 Å². The van der Waals surface area contributed by atoms with Gasteiger partial charge in [-0.2, -0.15) is 0 Å². The molecule has 0 amide bonds. The first-order valence-electron chi connectivity index (χ1n) is 4.99. The number of benzene rings is 2. The Morgan fingerprint density at radius 2 is 1.69 bits per heavy atom. The van der Waals surface area contributed by atoms with Crippen molar-refractivity contribution >= 4 is 11.0 Å². The SMILES string of the molecule is O=c1cccc2nc3ccccc3ncc1-2. The van der Waals surface area contributed by atoms with Crippen LogP contribution in [0, 0.1) is 0 Å². The highest BCUT2D eigenvalue weighted by atomic mass is 16.1. The van der Waals surface area contributed by atoms with Crippen molar-refractivity contribution in [3.05, 3.63) is 58.9 Å². The second-order valence-corrected chi connectivity index (χ2v) is 3.55. The Hall–Kier alpha value is -2.29. The minimum atomic E-state index is -0.0437. The molecule has 0 N–H and O–H groups in total. The highest BCUT2D eigenvalue weighted by Gasteiger charge is 2.05. The molecule has 0 spiro atoms. The van der Waals surface area contributed by atoms with E-state index < -0.39 is 0 Å².